The third-order valence-corrected chi connectivity index (χ3v) is 4.09. The van der Waals surface area contributed by atoms with Gasteiger partial charge in [0.2, 0.25) is 0 Å². The monoisotopic (exact) mass is 375 g/mol. The Balaban J connectivity index is 1.98. The van der Waals surface area contributed by atoms with Crippen molar-refractivity contribution < 1.29 is 22.8 Å². The third-order valence-electron chi connectivity index (χ3n) is 4.09. The summed E-state index contributed by atoms with van der Waals surface area (Å²) in [5.74, 6) is -0.520. The van der Waals surface area contributed by atoms with Gasteiger partial charge in [0.25, 0.3) is 5.91 Å². The number of carbonyl (C=O) groups excluding carboxylic acids is 2. The van der Waals surface area contributed by atoms with E-state index in [9.17, 15) is 22.8 Å². The smallest absolute Gasteiger partial charge is 0.327 e. The van der Waals surface area contributed by atoms with Crippen LogP contribution in [0.2, 0.25) is 0 Å². The molecule has 8 heteroatoms. The molecule has 27 heavy (non-hydrogen) atoms. The lowest BCUT2D eigenvalue weighted by Gasteiger charge is -2.29. The number of allylic oxidation sites excluding steroid dienone is 1. The number of halogens is 3. The fraction of sp³-hybridized carbons (Fsp3) is 0.158. The number of nitrogens with one attached hydrogen (secondary N) is 3. The van der Waals surface area contributed by atoms with E-state index in [1.807, 2.05) is 0 Å². The van der Waals surface area contributed by atoms with Gasteiger partial charge < -0.3 is 16.0 Å². The lowest BCUT2D eigenvalue weighted by molar-refractivity contribution is -0.137. The van der Waals surface area contributed by atoms with Crippen molar-refractivity contribution in [3.63, 3.8) is 0 Å². The zero-order chi connectivity index (χ0) is 19.6. The maximum atomic E-state index is 13.0. The van der Waals surface area contributed by atoms with Crippen LogP contribution in [0.3, 0.4) is 0 Å². The van der Waals surface area contributed by atoms with Crippen molar-refractivity contribution in [2.45, 2.75) is 19.1 Å². The second kappa shape index (κ2) is 7.14. The third kappa shape index (κ3) is 4.11. The fourth-order valence-electron chi connectivity index (χ4n) is 2.86. The van der Waals surface area contributed by atoms with E-state index in [0.717, 1.165) is 12.1 Å². The summed E-state index contributed by atoms with van der Waals surface area (Å²) in [6.45, 7) is 1.53. The van der Waals surface area contributed by atoms with Crippen molar-refractivity contribution in [2.75, 3.05) is 5.32 Å². The first-order valence-electron chi connectivity index (χ1n) is 8.07. The molecule has 0 unspecified atom stereocenters. The maximum Gasteiger partial charge on any atom is 0.416 e. The first kappa shape index (κ1) is 18.5. The molecule has 0 aliphatic carbocycles. The SMILES string of the molecule is CC1=C(C(=O)Nc2ccccc2)[C@H](c2cccc(C(F)(F)F)c2)NC(=O)N1. The van der Waals surface area contributed by atoms with Crippen molar-refractivity contribution in [3.8, 4) is 0 Å². The molecule has 1 atom stereocenters. The molecule has 0 saturated heterocycles. The number of anilines is 1. The predicted molar refractivity (Wildman–Crippen MR) is 93.6 cm³/mol. The van der Waals surface area contributed by atoms with Crippen LogP contribution in [0, 0.1) is 0 Å². The molecule has 0 saturated carbocycles. The molecule has 1 aliphatic heterocycles. The molecule has 0 spiro atoms. The molecule has 1 aliphatic rings. The molecule has 0 aromatic heterocycles. The van der Waals surface area contributed by atoms with E-state index in [1.165, 1.54) is 19.1 Å². The number of hydrogen-bond donors (Lipinski definition) is 3. The number of urea groups is 1. The summed E-state index contributed by atoms with van der Waals surface area (Å²) in [6.07, 6.45) is -4.53. The molecule has 3 rings (SSSR count). The zero-order valence-electron chi connectivity index (χ0n) is 14.2. The van der Waals surface area contributed by atoms with Gasteiger partial charge in [-0.2, -0.15) is 13.2 Å². The molecule has 3 N–H and O–H groups in total. The Hall–Kier alpha value is -3.29. The minimum Gasteiger partial charge on any atom is -0.327 e. The molecule has 5 nitrogen and oxygen atoms in total. The number of amides is 3. The summed E-state index contributed by atoms with van der Waals surface area (Å²) < 4.78 is 39.1. The Morgan fingerprint density at radius 2 is 1.78 bits per heavy atom. The lowest BCUT2D eigenvalue weighted by atomic mass is 9.93. The minimum atomic E-state index is -4.53. The van der Waals surface area contributed by atoms with Crippen LogP contribution in [-0.4, -0.2) is 11.9 Å². The summed E-state index contributed by atoms with van der Waals surface area (Å²) >= 11 is 0. The quantitative estimate of drug-likeness (QED) is 0.760. The lowest BCUT2D eigenvalue weighted by Crippen LogP contribution is -2.46. The molecular formula is C19H16F3N3O2. The number of para-hydroxylation sites is 1. The first-order valence-corrected chi connectivity index (χ1v) is 8.07. The molecule has 1 heterocycles. The molecule has 2 aromatic carbocycles. The Morgan fingerprint density at radius 1 is 1.07 bits per heavy atom. The molecule has 0 fully saturated rings. The highest BCUT2D eigenvalue weighted by Gasteiger charge is 2.34. The molecule has 0 radical (unpaired) electrons. The highest BCUT2D eigenvalue weighted by Crippen LogP contribution is 2.33. The van der Waals surface area contributed by atoms with Crippen LogP contribution in [0.4, 0.5) is 23.7 Å². The molecule has 0 bridgehead atoms. The van der Waals surface area contributed by atoms with Gasteiger partial charge in [0.05, 0.1) is 17.2 Å². The number of alkyl halides is 3. The van der Waals surface area contributed by atoms with Gasteiger partial charge in [-0.05, 0) is 36.8 Å². The minimum absolute atomic E-state index is 0.137. The van der Waals surface area contributed by atoms with Gasteiger partial charge in [0, 0.05) is 11.4 Å². The Labute approximate surface area is 153 Å². The second-order valence-electron chi connectivity index (χ2n) is 6.01. The van der Waals surface area contributed by atoms with E-state index in [4.69, 9.17) is 0 Å². The molecule has 3 amide bonds. The molecular weight excluding hydrogens is 359 g/mol. The van der Waals surface area contributed by atoms with Crippen molar-refractivity contribution >= 4 is 17.6 Å². The largest absolute Gasteiger partial charge is 0.416 e. The van der Waals surface area contributed by atoms with Crippen LogP contribution in [-0.2, 0) is 11.0 Å². The van der Waals surface area contributed by atoms with Gasteiger partial charge in [-0.15, -0.1) is 0 Å². The van der Waals surface area contributed by atoms with Crippen molar-refractivity contribution in [3.05, 3.63) is 77.0 Å². The van der Waals surface area contributed by atoms with Crippen LogP contribution in [0.15, 0.2) is 65.9 Å². The van der Waals surface area contributed by atoms with E-state index in [2.05, 4.69) is 16.0 Å². The topological polar surface area (TPSA) is 70.2 Å². The van der Waals surface area contributed by atoms with E-state index >= 15 is 0 Å². The van der Waals surface area contributed by atoms with E-state index in [-0.39, 0.29) is 16.8 Å². The normalized spacial score (nSPS) is 17.2. The highest BCUT2D eigenvalue weighted by atomic mass is 19.4. The maximum absolute atomic E-state index is 13.0. The molecule has 2 aromatic rings. The van der Waals surface area contributed by atoms with Gasteiger partial charge in [-0.25, -0.2) is 4.79 Å². The second-order valence-corrected chi connectivity index (χ2v) is 6.01. The predicted octanol–water partition coefficient (Wildman–Crippen LogP) is 3.97. The average Bonchev–Trinajstić information content (AvgIpc) is 2.61. The summed E-state index contributed by atoms with van der Waals surface area (Å²) in [7, 11) is 0. The van der Waals surface area contributed by atoms with Crippen molar-refractivity contribution in [1.82, 2.24) is 10.6 Å². The summed E-state index contributed by atoms with van der Waals surface area (Å²) in [5, 5.41) is 7.70. The van der Waals surface area contributed by atoms with Crippen LogP contribution in [0.1, 0.15) is 24.1 Å². The van der Waals surface area contributed by atoms with Gasteiger partial charge in [0.1, 0.15) is 0 Å². The first-order chi connectivity index (χ1) is 12.8. The van der Waals surface area contributed by atoms with Gasteiger partial charge >= 0.3 is 12.2 Å². The zero-order valence-corrected chi connectivity index (χ0v) is 14.2. The molecule has 140 valence electrons. The summed E-state index contributed by atoms with van der Waals surface area (Å²) in [4.78, 5) is 24.6. The summed E-state index contributed by atoms with van der Waals surface area (Å²) in [6, 6.07) is 11.6. The average molecular weight is 375 g/mol. The highest BCUT2D eigenvalue weighted by molar-refractivity contribution is 6.06. The standard InChI is InChI=1S/C19H16F3N3O2/c1-11-15(17(26)24-14-8-3-2-4-9-14)16(25-18(27)23-11)12-6-5-7-13(10-12)19(20,21)22/h2-10,16H,1H3,(H,24,26)(H2,23,25,27)/t16-/m0/s1. The van der Waals surface area contributed by atoms with Gasteiger partial charge in [-0.1, -0.05) is 30.3 Å². The van der Waals surface area contributed by atoms with Crippen molar-refractivity contribution in [2.24, 2.45) is 0 Å². The Bertz CT molecular complexity index is 908. The summed E-state index contributed by atoms with van der Waals surface area (Å²) in [5.41, 5.74) is 0.250. The van der Waals surface area contributed by atoms with E-state index in [0.29, 0.717) is 5.69 Å². The van der Waals surface area contributed by atoms with Crippen LogP contribution in [0.5, 0.6) is 0 Å². The Kier molecular flexibility index (Phi) is 4.89. The van der Waals surface area contributed by atoms with Crippen LogP contribution < -0.4 is 16.0 Å². The number of carbonyl (C=O) groups is 2. The van der Waals surface area contributed by atoms with Crippen molar-refractivity contribution in [1.29, 1.82) is 0 Å². The Morgan fingerprint density at radius 3 is 2.44 bits per heavy atom. The van der Waals surface area contributed by atoms with Gasteiger partial charge in [-0.3, -0.25) is 4.79 Å². The number of rotatable bonds is 3. The van der Waals surface area contributed by atoms with Crippen LogP contribution in [0.25, 0.3) is 0 Å². The fourth-order valence-corrected chi connectivity index (χ4v) is 2.86. The van der Waals surface area contributed by atoms with E-state index < -0.39 is 29.7 Å². The van der Waals surface area contributed by atoms with E-state index in [1.54, 1.807) is 30.3 Å². The van der Waals surface area contributed by atoms with Crippen LogP contribution >= 0.6 is 0 Å². The number of hydrogen-bond acceptors (Lipinski definition) is 2. The number of benzene rings is 2. The van der Waals surface area contributed by atoms with Gasteiger partial charge in [0.15, 0.2) is 0 Å².